The van der Waals surface area contributed by atoms with Gasteiger partial charge in [0.2, 0.25) is 0 Å². The molecule has 0 aromatic rings. The fourth-order valence-corrected chi connectivity index (χ4v) is 4.15. The molecule has 2 rings (SSSR count). The SMILES string of the molecule is CC(C)=CCC[C@@]1(C)[C@H]2CC[C@@]1(C)[C@@H](O)C2. The van der Waals surface area contributed by atoms with E-state index in [-0.39, 0.29) is 11.5 Å². The Morgan fingerprint density at radius 3 is 2.50 bits per heavy atom. The molecule has 2 saturated carbocycles. The number of aliphatic hydroxyl groups excluding tert-OH is 1. The van der Waals surface area contributed by atoms with Gasteiger partial charge >= 0.3 is 0 Å². The van der Waals surface area contributed by atoms with Gasteiger partial charge in [-0.2, -0.15) is 0 Å². The summed E-state index contributed by atoms with van der Waals surface area (Å²) in [6.07, 6.45) is 8.32. The molecule has 1 heteroatoms. The lowest BCUT2D eigenvalue weighted by Crippen LogP contribution is -2.37. The Morgan fingerprint density at radius 2 is 2.06 bits per heavy atom. The zero-order chi connectivity index (χ0) is 12.0. The molecular formula is C15H26O. The summed E-state index contributed by atoms with van der Waals surface area (Å²) in [5, 5.41) is 10.2. The Morgan fingerprint density at radius 1 is 1.38 bits per heavy atom. The van der Waals surface area contributed by atoms with Crippen molar-refractivity contribution in [3.05, 3.63) is 11.6 Å². The molecule has 4 atom stereocenters. The van der Waals surface area contributed by atoms with E-state index in [0.29, 0.717) is 5.41 Å². The van der Waals surface area contributed by atoms with E-state index in [1.165, 1.54) is 31.3 Å². The van der Waals surface area contributed by atoms with Gasteiger partial charge in [-0.3, -0.25) is 0 Å². The highest BCUT2D eigenvalue weighted by molar-refractivity contribution is 5.13. The lowest BCUT2D eigenvalue weighted by Gasteiger charge is -2.40. The monoisotopic (exact) mass is 222 g/mol. The van der Waals surface area contributed by atoms with Crippen molar-refractivity contribution in [2.24, 2.45) is 16.7 Å². The molecule has 2 fully saturated rings. The van der Waals surface area contributed by atoms with E-state index in [2.05, 4.69) is 33.8 Å². The van der Waals surface area contributed by atoms with Crippen LogP contribution in [0.5, 0.6) is 0 Å². The van der Waals surface area contributed by atoms with Gasteiger partial charge in [-0.05, 0) is 62.7 Å². The Balaban J connectivity index is 2.10. The molecule has 2 aliphatic rings. The highest BCUT2D eigenvalue weighted by atomic mass is 16.3. The van der Waals surface area contributed by atoms with Gasteiger partial charge in [0.1, 0.15) is 0 Å². The third kappa shape index (κ3) is 1.55. The summed E-state index contributed by atoms with van der Waals surface area (Å²) in [4.78, 5) is 0. The third-order valence-corrected chi connectivity index (χ3v) is 5.68. The number of hydrogen-bond donors (Lipinski definition) is 1. The first-order valence-corrected chi connectivity index (χ1v) is 6.71. The largest absolute Gasteiger partial charge is 0.393 e. The zero-order valence-electron chi connectivity index (χ0n) is 11.2. The summed E-state index contributed by atoms with van der Waals surface area (Å²) in [6.45, 7) is 9.07. The topological polar surface area (TPSA) is 20.2 Å². The number of aliphatic hydroxyl groups is 1. The Bertz CT molecular complexity index is 303. The van der Waals surface area contributed by atoms with Crippen LogP contribution in [0.4, 0.5) is 0 Å². The molecule has 2 bridgehead atoms. The second-order valence-corrected chi connectivity index (χ2v) is 6.64. The summed E-state index contributed by atoms with van der Waals surface area (Å²) in [6, 6.07) is 0. The Hall–Kier alpha value is -0.300. The molecule has 0 amide bonds. The number of fused-ring (bicyclic) bond motifs is 2. The van der Waals surface area contributed by atoms with E-state index in [1.807, 2.05) is 0 Å². The van der Waals surface area contributed by atoms with Gasteiger partial charge in [-0.1, -0.05) is 25.5 Å². The molecule has 92 valence electrons. The van der Waals surface area contributed by atoms with Crippen LogP contribution < -0.4 is 0 Å². The summed E-state index contributed by atoms with van der Waals surface area (Å²) >= 11 is 0. The van der Waals surface area contributed by atoms with Crippen LogP contribution >= 0.6 is 0 Å². The normalized spacial score (nSPS) is 46.1. The molecule has 0 aliphatic heterocycles. The predicted molar refractivity (Wildman–Crippen MR) is 68.2 cm³/mol. The minimum atomic E-state index is -0.0528. The van der Waals surface area contributed by atoms with Crippen LogP contribution in [0.25, 0.3) is 0 Å². The predicted octanol–water partition coefficient (Wildman–Crippen LogP) is 3.92. The fourth-order valence-electron chi connectivity index (χ4n) is 4.15. The lowest BCUT2D eigenvalue weighted by molar-refractivity contribution is 0.00200. The van der Waals surface area contributed by atoms with Gasteiger partial charge in [0.05, 0.1) is 6.10 Å². The number of allylic oxidation sites excluding steroid dienone is 2. The maximum atomic E-state index is 10.2. The minimum Gasteiger partial charge on any atom is -0.393 e. The highest BCUT2D eigenvalue weighted by Crippen LogP contribution is 2.67. The number of hydrogen-bond acceptors (Lipinski definition) is 1. The molecule has 0 radical (unpaired) electrons. The van der Waals surface area contributed by atoms with Gasteiger partial charge in [0, 0.05) is 0 Å². The van der Waals surface area contributed by atoms with Crippen LogP contribution in [0.2, 0.25) is 0 Å². The summed E-state index contributed by atoms with van der Waals surface area (Å²) < 4.78 is 0. The van der Waals surface area contributed by atoms with Gasteiger partial charge in [-0.25, -0.2) is 0 Å². The molecule has 0 heterocycles. The van der Waals surface area contributed by atoms with Crippen LogP contribution in [0.1, 0.15) is 59.8 Å². The van der Waals surface area contributed by atoms with E-state index in [0.717, 1.165) is 12.3 Å². The summed E-state index contributed by atoms with van der Waals surface area (Å²) in [5.41, 5.74) is 1.98. The first-order chi connectivity index (χ1) is 7.40. The number of rotatable bonds is 3. The second-order valence-electron chi connectivity index (χ2n) is 6.64. The second kappa shape index (κ2) is 3.87. The van der Waals surface area contributed by atoms with E-state index in [4.69, 9.17) is 0 Å². The van der Waals surface area contributed by atoms with Crippen molar-refractivity contribution in [2.75, 3.05) is 0 Å². The van der Waals surface area contributed by atoms with E-state index in [1.54, 1.807) is 0 Å². The van der Waals surface area contributed by atoms with Gasteiger partial charge in [-0.15, -0.1) is 0 Å². The molecule has 2 aliphatic carbocycles. The molecule has 0 spiro atoms. The first-order valence-electron chi connectivity index (χ1n) is 6.71. The van der Waals surface area contributed by atoms with Crippen molar-refractivity contribution in [3.8, 4) is 0 Å². The smallest absolute Gasteiger partial charge is 0.0601 e. The van der Waals surface area contributed by atoms with Crippen LogP contribution in [0, 0.1) is 16.7 Å². The maximum absolute atomic E-state index is 10.2. The first kappa shape index (κ1) is 12.2. The molecule has 1 N–H and O–H groups in total. The summed E-state index contributed by atoms with van der Waals surface area (Å²) in [5.74, 6) is 0.762. The molecule has 0 unspecified atom stereocenters. The van der Waals surface area contributed by atoms with Crippen molar-refractivity contribution >= 4 is 0 Å². The minimum absolute atomic E-state index is 0.0528. The van der Waals surface area contributed by atoms with E-state index < -0.39 is 0 Å². The Labute approximate surface area is 99.9 Å². The quantitative estimate of drug-likeness (QED) is 0.718. The molecule has 16 heavy (non-hydrogen) atoms. The van der Waals surface area contributed by atoms with Gasteiger partial charge in [0.15, 0.2) is 0 Å². The van der Waals surface area contributed by atoms with Crippen molar-refractivity contribution < 1.29 is 5.11 Å². The molecule has 0 aromatic carbocycles. The van der Waals surface area contributed by atoms with Crippen LogP contribution in [-0.2, 0) is 0 Å². The van der Waals surface area contributed by atoms with E-state index in [9.17, 15) is 5.11 Å². The average Bonchev–Trinajstić information content (AvgIpc) is 2.52. The zero-order valence-corrected chi connectivity index (χ0v) is 11.2. The average molecular weight is 222 g/mol. The van der Waals surface area contributed by atoms with Gasteiger partial charge in [0.25, 0.3) is 0 Å². The maximum Gasteiger partial charge on any atom is 0.0601 e. The molecule has 0 saturated heterocycles. The lowest BCUT2D eigenvalue weighted by atomic mass is 9.66. The van der Waals surface area contributed by atoms with Crippen molar-refractivity contribution in [1.82, 2.24) is 0 Å². The molecule has 1 nitrogen and oxygen atoms in total. The van der Waals surface area contributed by atoms with Crippen molar-refractivity contribution in [3.63, 3.8) is 0 Å². The molecule has 0 aromatic heterocycles. The van der Waals surface area contributed by atoms with Crippen LogP contribution in [-0.4, -0.2) is 11.2 Å². The van der Waals surface area contributed by atoms with Crippen LogP contribution in [0.15, 0.2) is 11.6 Å². The third-order valence-electron chi connectivity index (χ3n) is 5.68. The standard InChI is InChI=1S/C15H26O/c1-11(2)6-5-8-14(3)12-7-9-15(14,4)13(16)10-12/h6,12-13,16H,5,7-10H2,1-4H3/t12-,13-,14-,15-/m0/s1. The fraction of sp³-hybridized carbons (Fsp3) is 0.867. The summed E-state index contributed by atoms with van der Waals surface area (Å²) in [7, 11) is 0. The van der Waals surface area contributed by atoms with Crippen molar-refractivity contribution in [2.45, 2.75) is 65.9 Å². The van der Waals surface area contributed by atoms with Gasteiger partial charge < -0.3 is 5.11 Å². The Kier molecular flexibility index (Phi) is 2.94. The van der Waals surface area contributed by atoms with E-state index >= 15 is 0 Å². The molecular weight excluding hydrogens is 196 g/mol. The van der Waals surface area contributed by atoms with Crippen molar-refractivity contribution in [1.29, 1.82) is 0 Å². The van der Waals surface area contributed by atoms with Crippen LogP contribution in [0.3, 0.4) is 0 Å². The highest BCUT2D eigenvalue weighted by Gasteiger charge is 2.62.